The molecule has 3 N–H and O–H groups in total. The van der Waals surface area contributed by atoms with Gasteiger partial charge in [0.1, 0.15) is 5.75 Å². The number of phenolic OH excluding ortho intramolecular Hbond substituents is 1. The van der Waals surface area contributed by atoms with Crippen molar-refractivity contribution >= 4 is 16.6 Å². The second kappa shape index (κ2) is 4.27. The van der Waals surface area contributed by atoms with Gasteiger partial charge in [-0.2, -0.15) is 5.10 Å². The summed E-state index contributed by atoms with van der Waals surface area (Å²) in [6, 6.07) is 12.1. The highest BCUT2D eigenvalue weighted by molar-refractivity contribution is 5.91. The summed E-state index contributed by atoms with van der Waals surface area (Å²) in [5, 5.41) is 21.7. The summed E-state index contributed by atoms with van der Waals surface area (Å²) < 4.78 is 0. The zero-order valence-electron chi connectivity index (χ0n) is 10.9. The Bertz CT molecular complexity index is 778. The van der Waals surface area contributed by atoms with Gasteiger partial charge in [0, 0.05) is 11.1 Å². The van der Waals surface area contributed by atoms with Crippen LogP contribution in [0.2, 0.25) is 0 Å². The van der Waals surface area contributed by atoms with E-state index >= 15 is 0 Å². The Morgan fingerprint density at radius 3 is 3.05 bits per heavy atom. The van der Waals surface area contributed by atoms with E-state index in [-0.39, 0.29) is 6.04 Å². The fourth-order valence-electron chi connectivity index (χ4n) is 3.07. The first kappa shape index (κ1) is 11.3. The fraction of sp³-hybridized carbons (Fsp3) is 0.188. The number of anilines is 1. The van der Waals surface area contributed by atoms with E-state index in [2.05, 4.69) is 27.6 Å². The van der Waals surface area contributed by atoms with Crippen LogP contribution >= 0.6 is 0 Å². The van der Waals surface area contributed by atoms with Crippen LogP contribution in [0.5, 0.6) is 5.75 Å². The van der Waals surface area contributed by atoms with Crippen molar-refractivity contribution in [3.8, 4) is 5.75 Å². The van der Waals surface area contributed by atoms with Crippen molar-refractivity contribution in [2.45, 2.75) is 18.9 Å². The van der Waals surface area contributed by atoms with E-state index in [0.29, 0.717) is 5.75 Å². The smallest absolute Gasteiger partial charge is 0.119 e. The summed E-state index contributed by atoms with van der Waals surface area (Å²) in [5.41, 5.74) is 4.39. The molecule has 4 nitrogen and oxygen atoms in total. The normalized spacial score (nSPS) is 17.3. The van der Waals surface area contributed by atoms with Gasteiger partial charge in [-0.15, -0.1) is 0 Å². The van der Waals surface area contributed by atoms with Gasteiger partial charge in [0.05, 0.1) is 17.8 Å². The minimum Gasteiger partial charge on any atom is -0.508 e. The second-order valence-electron chi connectivity index (χ2n) is 5.22. The zero-order valence-corrected chi connectivity index (χ0v) is 10.9. The predicted molar refractivity (Wildman–Crippen MR) is 78.9 cm³/mol. The summed E-state index contributed by atoms with van der Waals surface area (Å²) in [6.07, 6.45) is 3.76. The summed E-state index contributed by atoms with van der Waals surface area (Å²) in [5.74, 6) is 0.410. The molecule has 100 valence electrons. The molecule has 4 rings (SSSR count). The molecule has 1 unspecified atom stereocenters. The van der Waals surface area contributed by atoms with E-state index in [1.54, 1.807) is 6.07 Å². The number of phenols is 1. The Hall–Kier alpha value is -2.49. The number of aromatic hydroxyl groups is 1. The van der Waals surface area contributed by atoms with Crippen molar-refractivity contribution in [2.75, 3.05) is 5.32 Å². The lowest BCUT2D eigenvalue weighted by molar-refractivity contribution is 0.469. The molecule has 1 atom stereocenters. The summed E-state index contributed by atoms with van der Waals surface area (Å²) in [7, 11) is 0. The first-order chi connectivity index (χ1) is 9.83. The molecule has 0 fully saturated rings. The molecule has 0 radical (unpaired) electrons. The molecule has 2 aromatic carbocycles. The number of hydrogen-bond donors (Lipinski definition) is 3. The first-order valence-electron chi connectivity index (χ1n) is 6.82. The molecule has 3 aromatic rings. The number of H-pyrrole nitrogens is 1. The quantitative estimate of drug-likeness (QED) is 0.665. The molecule has 0 saturated carbocycles. The number of rotatable bonds is 2. The lowest BCUT2D eigenvalue weighted by Gasteiger charge is -2.16. The lowest BCUT2D eigenvalue weighted by Crippen LogP contribution is -2.07. The lowest BCUT2D eigenvalue weighted by atomic mass is 10.1. The number of aromatic nitrogens is 2. The molecule has 1 aliphatic rings. The van der Waals surface area contributed by atoms with Gasteiger partial charge in [-0.3, -0.25) is 5.10 Å². The summed E-state index contributed by atoms with van der Waals surface area (Å²) >= 11 is 0. The van der Waals surface area contributed by atoms with Crippen molar-refractivity contribution in [1.82, 2.24) is 10.2 Å². The number of aromatic amines is 1. The minimum absolute atomic E-state index is 0.248. The highest BCUT2D eigenvalue weighted by Crippen LogP contribution is 2.39. The van der Waals surface area contributed by atoms with E-state index in [0.717, 1.165) is 35.0 Å². The van der Waals surface area contributed by atoms with Crippen LogP contribution in [0.3, 0.4) is 0 Å². The van der Waals surface area contributed by atoms with Crippen LogP contribution in [-0.4, -0.2) is 15.3 Å². The van der Waals surface area contributed by atoms with Crippen LogP contribution < -0.4 is 5.32 Å². The standard InChI is InChI=1S/C16H15N3O/c20-16-6-1-3-10-11(16)7-8-14(10)18-13-4-2-5-15-12(13)9-17-19-15/h1-6,9,14,18,20H,7-8H2,(H,17,19). The molecule has 1 aliphatic carbocycles. The van der Waals surface area contributed by atoms with E-state index in [9.17, 15) is 5.11 Å². The van der Waals surface area contributed by atoms with Gasteiger partial charge < -0.3 is 10.4 Å². The molecule has 0 saturated heterocycles. The molecule has 0 spiro atoms. The Labute approximate surface area is 116 Å². The molecule has 0 aliphatic heterocycles. The van der Waals surface area contributed by atoms with E-state index in [1.165, 1.54) is 5.56 Å². The van der Waals surface area contributed by atoms with Gasteiger partial charge >= 0.3 is 0 Å². The minimum atomic E-state index is 0.248. The number of nitrogens with one attached hydrogen (secondary N) is 2. The molecule has 0 amide bonds. The maximum absolute atomic E-state index is 9.91. The first-order valence-corrected chi connectivity index (χ1v) is 6.82. The molecular weight excluding hydrogens is 250 g/mol. The van der Waals surface area contributed by atoms with Crippen molar-refractivity contribution in [3.05, 3.63) is 53.7 Å². The summed E-state index contributed by atoms with van der Waals surface area (Å²) in [4.78, 5) is 0. The monoisotopic (exact) mass is 265 g/mol. The molecule has 20 heavy (non-hydrogen) atoms. The molecular formula is C16H15N3O. The molecule has 4 heteroatoms. The maximum Gasteiger partial charge on any atom is 0.119 e. The zero-order chi connectivity index (χ0) is 13.5. The Balaban J connectivity index is 1.72. The van der Waals surface area contributed by atoms with Crippen molar-refractivity contribution in [3.63, 3.8) is 0 Å². The SMILES string of the molecule is Oc1cccc2c1CCC2Nc1cccc2[nH]ncc12. The molecule has 1 aromatic heterocycles. The average Bonchev–Trinajstić information content (AvgIpc) is 3.07. The van der Waals surface area contributed by atoms with Gasteiger partial charge in [0.15, 0.2) is 0 Å². The van der Waals surface area contributed by atoms with Crippen LogP contribution in [0.1, 0.15) is 23.6 Å². The average molecular weight is 265 g/mol. The van der Waals surface area contributed by atoms with Gasteiger partial charge in [-0.25, -0.2) is 0 Å². The maximum atomic E-state index is 9.91. The Morgan fingerprint density at radius 2 is 2.10 bits per heavy atom. The largest absolute Gasteiger partial charge is 0.508 e. The second-order valence-corrected chi connectivity index (χ2v) is 5.22. The molecule has 0 bridgehead atoms. The van der Waals surface area contributed by atoms with Crippen molar-refractivity contribution in [1.29, 1.82) is 0 Å². The van der Waals surface area contributed by atoms with E-state index in [1.807, 2.05) is 24.4 Å². The number of fused-ring (bicyclic) bond motifs is 2. The Kier molecular flexibility index (Phi) is 2.42. The van der Waals surface area contributed by atoms with Gasteiger partial charge in [0.25, 0.3) is 0 Å². The highest BCUT2D eigenvalue weighted by atomic mass is 16.3. The number of hydrogen-bond acceptors (Lipinski definition) is 3. The number of nitrogens with zero attached hydrogens (tertiary/aromatic N) is 1. The third-order valence-electron chi connectivity index (χ3n) is 4.06. The highest BCUT2D eigenvalue weighted by Gasteiger charge is 2.24. The summed E-state index contributed by atoms with van der Waals surface area (Å²) in [6.45, 7) is 0. The van der Waals surface area contributed by atoms with Crippen molar-refractivity contribution < 1.29 is 5.11 Å². The van der Waals surface area contributed by atoms with E-state index < -0.39 is 0 Å². The van der Waals surface area contributed by atoms with Crippen molar-refractivity contribution in [2.24, 2.45) is 0 Å². The fourth-order valence-corrected chi connectivity index (χ4v) is 3.07. The number of benzene rings is 2. The van der Waals surface area contributed by atoms with Gasteiger partial charge in [-0.05, 0) is 42.2 Å². The predicted octanol–water partition coefficient (Wildman–Crippen LogP) is 3.37. The van der Waals surface area contributed by atoms with Crippen LogP contribution in [0, 0.1) is 0 Å². The topological polar surface area (TPSA) is 60.9 Å². The third kappa shape index (κ3) is 1.65. The Morgan fingerprint density at radius 1 is 1.20 bits per heavy atom. The van der Waals surface area contributed by atoms with Crippen LogP contribution in [0.15, 0.2) is 42.6 Å². The van der Waals surface area contributed by atoms with E-state index in [4.69, 9.17) is 0 Å². The molecule has 1 heterocycles. The van der Waals surface area contributed by atoms with Crippen LogP contribution in [0.25, 0.3) is 10.9 Å². The van der Waals surface area contributed by atoms with Crippen LogP contribution in [0.4, 0.5) is 5.69 Å². The van der Waals surface area contributed by atoms with Crippen LogP contribution in [-0.2, 0) is 6.42 Å². The third-order valence-corrected chi connectivity index (χ3v) is 4.06. The van der Waals surface area contributed by atoms with Gasteiger partial charge in [-0.1, -0.05) is 18.2 Å². The van der Waals surface area contributed by atoms with Gasteiger partial charge in [0.2, 0.25) is 0 Å².